The largest absolute Gasteiger partial charge is 0.355 e. The van der Waals surface area contributed by atoms with Crippen molar-refractivity contribution in [1.29, 1.82) is 0 Å². The van der Waals surface area contributed by atoms with Crippen molar-refractivity contribution in [2.45, 2.75) is 78.6 Å². The molecule has 0 bridgehead atoms. The van der Waals surface area contributed by atoms with E-state index in [0.717, 1.165) is 11.4 Å². The average Bonchev–Trinajstić information content (AvgIpc) is 2.83. The van der Waals surface area contributed by atoms with Gasteiger partial charge in [0.1, 0.15) is 0 Å². The van der Waals surface area contributed by atoms with Crippen LogP contribution in [0.2, 0.25) is 0 Å². The Balaban J connectivity index is 1.77. The zero-order valence-corrected chi connectivity index (χ0v) is 24.2. The standard InChI is InChI=1S/C36H43N/c1-34(2,3)28-18-19-33(32(24-28)25-14-11-10-12-15-25)37-31-17-13-16-26(22-31)27-20-29(35(4,5)6)23-30(21-27)36(7,8)9/h10-24,37H,1-9H3. The molecule has 0 saturated heterocycles. The van der Waals surface area contributed by atoms with Crippen LogP contribution in [0.3, 0.4) is 0 Å². The number of rotatable bonds is 4. The van der Waals surface area contributed by atoms with Crippen LogP contribution in [0.25, 0.3) is 22.3 Å². The Labute approximate surface area is 225 Å². The molecular formula is C36H43N. The van der Waals surface area contributed by atoms with Crippen LogP contribution in [0, 0.1) is 0 Å². The van der Waals surface area contributed by atoms with Gasteiger partial charge in [-0.2, -0.15) is 0 Å². The number of hydrogen-bond acceptors (Lipinski definition) is 1. The second kappa shape index (κ2) is 9.86. The fourth-order valence-electron chi connectivity index (χ4n) is 4.57. The van der Waals surface area contributed by atoms with Crippen molar-refractivity contribution >= 4 is 11.4 Å². The fraction of sp³-hybridized carbons (Fsp3) is 0.333. The molecule has 0 unspecified atom stereocenters. The van der Waals surface area contributed by atoms with E-state index in [4.69, 9.17) is 0 Å². The first-order chi connectivity index (χ1) is 17.2. The van der Waals surface area contributed by atoms with Crippen molar-refractivity contribution in [3.05, 3.63) is 108 Å². The molecule has 0 aromatic heterocycles. The van der Waals surface area contributed by atoms with E-state index in [0.29, 0.717) is 0 Å². The number of benzene rings is 4. The number of nitrogens with one attached hydrogen (secondary N) is 1. The van der Waals surface area contributed by atoms with Gasteiger partial charge in [0.05, 0.1) is 0 Å². The lowest BCUT2D eigenvalue weighted by atomic mass is 9.79. The van der Waals surface area contributed by atoms with Gasteiger partial charge in [-0.15, -0.1) is 0 Å². The van der Waals surface area contributed by atoms with Crippen LogP contribution in [0.15, 0.2) is 91.0 Å². The molecule has 4 aromatic carbocycles. The van der Waals surface area contributed by atoms with Gasteiger partial charge in [0, 0.05) is 16.9 Å². The van der Waals surface area contributed by atoms with Gasteiger partial charge in [-0.1, -0.05) is 129 Å². The summed E-state index contributed by atoms with van der Waals surface area (Å²) in [6.07, 6.45) is 0. The van der Waals surface area contributed by atoms with Crippen molar-refractivity contribution in [3.8, 4) is 22.3 Å². The molecule has 0 aliphatic carbocycles. The van der Waals surface area contributed by atoms with Crippen molar-refractivity contribution in [1.82, 2.24) is 0 Å². The summed E-state index contributed by atoms with van der Waals surface area (Å²) in [5, 5.41) is 3.75. The van der Waals surface area contributed by atoms with Crippen LogP contribution in [-0.2, 0) is 16.2 Å². The summed E-state index contributed by atoms with van der Waals surface area (Å²) in [6.45, 7) is 20.6. The Morgan fingerprint density at radius 1 is 0.432 bits per heavy atom. The predicted octanol–water partition coefficient (Wildman–Crippen LogP) is 10.7. The summed E-state index contributed by atoms with van der Waals surface area (Å²) >= 11 is 0. The lowest BCUT2D eigenvalue weighted by Crippen LogP contribution is -2.16. The summed E-state index contributed by atoms with van der Waals surface area (Å²) in [6, 6.07) is 33.4. The third-order valence-corrected chi connectivity index (χ3v) is 7.11. The molecule has 0 saturated carbocycles. The molecule has 0 amide bonds. The SMILES string of the molecule is CC(C)(C)c1cc(-c2cccc(Nc3ccc(C(C)(C)C)cc3-c3ccccc3)c2)cc(C(C)(C)C)c1. The van der Waals surface area contributed by atoms with E-state index in [1.165, 1.54) is 38.9 Å². The molecule has 4 rings (SSSR count). The van der Waals surface area contributed by atoms with Gasteiger partial charge in [-0.25, -0.2) is 0 Å². The van der Waals surface area contributed by atoms with Gasteiger partial charge >= 0.3 is 0 Å². The van der Waals surface area contributed by atoms with Gasteiger partial charge in [0.25, 0.3) is 0 Å². The zero-order chi connectivity index (χ0) is 27.0. The molecule has 37 heavy (non-hydrogen) atoms. The second-order valence-electron chi connectivity index (χ2n) is 13.4. The molecule has 0 atom stereocenters. The van der Waals surface area contributed by atoms with E-state index >= 15 is 0 Å². The highest BCUT2D eigenvalue weighted by molar-refractivity contribution is 5.83. The first kappa shape index (κ1) is 26.7. The lowest BCUT2D eigenvalue weighted by Gasteiger charge is -2.26. The molecule has 0 fully saturated rings. The Morgan fingerprint density at radius 2 is 1.00 bits per heavy atom. The summed E-state index contributed by atoms with van der Waals surface area (Å²) in [5.74, 6) is 0. The Bertz CT molecular complexity index is 1340. The predicted molar refractivity (Wildman–Crippen MR) is 163 cm³/mol. The van der Waals surface area contributed by atoms with Crippen LogP contribution in [0.5, 0.6) is 0 Å². The normalized spacial score (nSPS) is 12.5. The first-order valence-electron chi connectivity index (χ1n) is 13.5. The minimum atomic E-state index is 0.0881. The van der Waals surface area contributed by atoms with E-state index < -0.39 is 0 Å². The molecule has 4 aromatic rings. The summed E-state index contributed by atoms with van der Waals surface area (Å²) in [5.41, 5.74) is 11.5. The third kappa shape index (κ3) is 6.34. The van der Waals surface area contributed by atoms with E-state index in [9.17, 15) is 0 Å². The van der Waals surface area contributed by atoms with Crippen molar-refractivity contribution in [2.75, 3.05) is 5.32 Å². The Morgan fingerprint density at radius 3 is 1.57 bits per heavy atom. The molecule has 0 aliphatic heterocycles. The topological polar surface area (TPSA) is 12.0 Å². The van der Waals surface area contributed by atoms with Crippen molar-refractivity contribution < 1.29 is 0 Å². The molecule has 0 radical (unpaired) electrons. The van der Waals surface area contributed by atoms with Crippen molar-refractivity contribution in [2.24, 2.45) is 0 Å². The molecule has 0 heterocycles. The monoisotopic (exact) mass is 489 g/mol. The molecule has 0 aliphatic rings. The van der Waals surface area contributed by atoms with Crippen LogP contribution in [0.4, 0.5) is 11.4 Å². The van der Waals surface area contributed by atoms with Gasteiger partial charge in [-0.05, 0) is 73.9 Å². The molecule has 0 spiro atoms. The average molecular weight is 490 g/mol. The fourth-order valence-corrected chi connectivity index (χ4v) is 4.57. The maximum absolute atomic E-state index is 3.75. The lowest BCUT2D eigenvalue weighted by molar-refractivity contribution is 0.569. The molecule has 1 heteroatoms. The summed E-state index contributed by atoms with van der Waals surface area (Å²) < 4.78 is 0. The minimum Gasteiger partial charge on any atom is -0.355 e. The Hall–Kier alpha value is -3.32. The van der Waals surface area contributed by atoms with Crippen LogP contribution in [0.1, 0.15) is 79.0 Å². The van der Waals surface area contributed by atoms with Gasteiger partial charge in [0.15, 0.2) is 0 Å². The minimum absolute atomic E-state index is 0.0881. The zero-order valence-electron chi connectivity index (χ0n) is 24.2. The highest BCUT2D eigenvalue weighted by Crippen LogP contribution is 2.37. The summed E-state index contributed by atoms with van der Waals surface area (Å²) in [7, 11) is 0. The second-order valence-corrected chi connectivity index (χ2v) is 13.4. The van der Waals surface area contributed by atoms with Gasteiger partial charge < -0.3 is 5.32 Å². The highest BCUT2D eigenvalue weighted by Gasteiger charge is 2.21. The van der Waals surface area contributed by atoms with E-state index in [-0.39, 0.29) is 16.2 Å². The third-order valence-electron chi connectivity index (χ3n) is 7.11. The van der Waals surface area contributed by atoms with E-state index in [1.54, 1.807) is 0 Å². The first-order valence-corrected chi connectivity index (χ1v) is 13.5. The summed E-state index contributed by atoms with van der Waals surface area (Å²) in [4.78, 5) is 0. The highest BCUT2D eigenvalue weighted by atomic mass is 14.9. The van der Waals surface area contributed by atoms with E-state index in [1.807, 2.05) is 0 Å². The van der Waals surface area contributed by atoms with Crippen molar-refractivity contribution in [3.63, 3.8) is 0 Å². The van der Waals surface area contributed by atoms with E-state index in [2.05, 4.69) is 159 Å². The molecule has 1 nitrogen and oxygen atoms in total. The maximum Gasteiger partial charge on any atom is 0.0464 e. The smallest absolute Gasteiger partial charge is 0.0464 e. The molecule has 192 valence electrons. The quantitative estimate of drug-likeness (QED) is 0.300. The van der Waals surface area contributed by atoms with Crippen LogP contribution in [-0.4, -0.2) is 0 Å². The van der Waals surface area contributed by atoms with Gasteiger partial charge in [0.2, 0.25) is 0 Å². The Kier molecular flexibility index (Phi) is 7.12. The number of anilines is 2. The molecule has 1 N–H and O–H groups in total. The van der Waals surface area contributed by atoms with Crippen LogP contribution >= 0.6 is 0 Å². The van der Waals surface area contributed by atoms with Crippen LogP contribution < -0.4 is 5.32 Å². The van der Waals surface area contributed by atoms with Gasteiger partial charge in [-0.3, -0.25) is 0 Å². The molecular weight excluding hydrogens is 446 g/mol. The maximum atomic E-state index is 3.75. The number of hydrogen-bond donors (Lipinski definition) is 1.